The van der Waals surface area contributed by atoms with Crippen LogP contribution in [0.4, 0.5) is 5.82 Å². The zero-order valence-electron chi connectivity index (χ0n) is 14.9. The number of hydrogen-bond acceptors (Lipinski definition) is 6. The third-order valence-electron chi connectivity index (χ3n) is 4.98. The van der Waals surface area contributed by atoms with Gasteiger partial charge in [-0.05, 0) is 24.1 Å². The Morgan fingerprint density at radius 2 is 2.11 bits per heavy atom. The number of anilines is 1. The summed E-state index contributed by atoms with van der Waals surface area (Å²) < 4.78 is 1.79. The fraction of sp³-hybridized carbons (Fsp3) is 0.263. The molecule has 1 unspecified atom stereocenters. The van der Waals surface area contributed by atoms with Gasteiger partial charge in [-0.25, -0.2) is 9.97 Å². The van der Waals surface area contributed by atoms with E-state index in [9.17, 15) is 5.11 Å². The van der Waals surface area contributed by atoms with Crippen molar-refractivity contribution in [2.75, 3.05) is 18.0 Å². The number of aliphatic hydroxyl groups is 1. The van der Waals surface area contributed by atoms with Crippen LogP contribution in [0.5, 0.6) is 0 Å². The predicted molar refractivity (Wildman–Crippen MR) is 102 cm³/mol. The van der Waals surface area contributed by atoms with E-state index >= 15 is 0 Å². The number of nitrogens with one attached hydrogen (secondary N) is 1. The molecule has 0 spiro atoms. The highest BCUT2D eigenvalue weighted by Crippen LogP contribution is 2.30. The van der Waals surface area contributed by atoms with Gasteiger partial charge < -0.3 is 10.0 Å². The molecule has 1 aliphatic rings. The topological polar surface area (TPSA) is 95.8 Å². The maximum Gasteiger partial charge on any atom is 0.132 e. The minimum Gasteiger partial charge on any atom is -0.391 e. The molecule has 4 aromatic rings. The highest BCUT2D eigenvalue weighted by atomic mass is 16.3. The van der Waals surface area contributed by atoms with Gasteiger partial charge in [-0.2, -0.15) is 10.2 Å². The third-order valence-corrected chi connectivity index (χ3v) is 4.98. The van der Waals surface area contributed by atoms with Crippen molar-refractivity contribution in [3.8, 4) is 22.5 Å². The summed E-state index contributed by atoms with van der Waals surface area (Å²) in [5.74, 6) is 0.816. The summed E-state index contributed by atoms with van der Waals surface area (Å²) in [6.45, 7) is 1.40. The van der Waals surface area contributed by atoms with Gasteiger partial charge in [0.15, 0.2) is 0 Å². The molecule has 0 aliphatic carbocycles. The molecule has 0 saturated carbocycles. The van der Waals surface area contributed by atoms with E-state index in [-0.39, 0.29) is 6.10 Å². The first-order valence-electron chi connectivity index (χ1n) is 8.90. The van der Waals surface area contributed by atoms with Crippen LogP contribution in [0.2, 0.25) is 0 Å². The van der Waals surface area contributed by atoms with Gasteiger partial charge >= 0.3 is 0 Å². The molecule has 27 heavy (non-hydrogen) atoms. The first-order valence-corrected chi connectivity index (χ1v) is 8.90. The van der Waals surface area contributed by atoms with E-state index in [0.717, 1.165) is 52.2 Å². The molecule has 8 nitrogen and oxygen atoms in total. The molecule has 136 valence electrons. The summed E-state index contributed by atoms with van der Waals surface area (Å²) >= 11 is 0. The molecule has 2 N–H and O–H groups in total. The number of hydrogen-bond donors (Lipinski definition) is 2. The number of β-amino-alcohol motifs (C(OH)–C–C–N with tert-alkyl or cyclic N) is 1. The van der Waals surface area contributed by atoms with Gasteiger partial charge in [0.2, 0.25) is 0 Å². The summed E-state index contributed by atoms with van der Waals surface area (Å²) in [7, 11) is 1.91. The predicted octanol–water partition coefficient (Wildman–Crippen LogP) is 1.99. The SMILES string of the molecule is Cn1cc(-c2ccc3[nH]nc(-c4cc(N5CCC(O)C5)ncn4)c3c2)cn1. The lowest BCUT2D eigenvalue weighted by Crippen LogP contribution is -2.22. The number of aromatic nitrogens is 6. The van der Waals surface area contributed by atoms with Crippen LogP contribution >= 0.6 is 0 Å². The monoisotopic (exact) mass is 361 g/mol. The van der Waals surface area contributed by atoms with Crippen molar-refractivity contribution in [1.29, 1.82) is 0 Å². The zero-order valence-corrected chi connectivity index (χ0v) is 14.9. The molecule has 0 radical (unpaired) electrons. The first-order chi connectivity index (χ1) is 13.2. The van der Waals surface area contributed by atoms with Crippen molar-refractivity contribution in [2.45, 2.75) is 12.5 Å². The second-order valence-electron chi connectivity index (χ2n) is 6.89. The van der Waals surface area contributed by atoms with E-state index in [4.69, 9.17) is 0 Å². The Labute approximate surface area is 155 Å². The Morgan fingerprint density at radius 1 is 1.19 bits per heavy atom. The molecule has 1 aromatic carbocycles. The third kappa shape index (κ3) is 2.83. The molecule has 1 fully saturated rings. The number of nitrogens with zero attached hydrogens (tertiary/aromatic N) is 6. The highest BCUT2D eigenvalue weighted by Gasteiger charge is 2.22. The molecule has 4 heterocycles. The van der Waals surface area contributed by atoms with E-state index in [2.05, 4.69) is 42.3 Å². The summed E-state index contributed by atoms with van der Waals surface area (Å²) in [5, 5.41) is 22.6. The standard InChI is InChI=1S/C19H19N7O/c1-25-9-13(8-22-25)12-2-3-16-15(6-12)19(24-23-16)17-7-18(21-11-20-17)26-5-4-14(27)10-26/h2-3,6-9,11,14,27H,4-5,10H2,1H3,(H,23,24). The van der Waals surface area contributed by atoms with Gasteiger partial charge in [0.1, 0.15) is 17.8 Å². The van der Waals surface area contributed by atoms with Crippen LogP contribution in [0, 0.1) is 0 Å². The van der Waals surface area contributed by atoms with Crippen LogP contribution in [-0.4, -0.2) is 54.2 Å². The normalized spacial score (nSPS) is 17.1. The van der Waals surface area contributed by atoms with E-state index in [1.165, 1.54) is 0 Å². The van der Waals surface area contributed by atoms with Crippen LogP contribution in [0.25, 0.3) is 33.4 Å². The Morgan fingerprint density at radius 3 is 2.89 bits per heavy atom. The molecule has 5 rings (SSSR count). The van der Waals surface area contributed by atoms with Crippen molar-refractivity contribution >= 4 is 16.7 Å². The minimum absolute atomic E-state index is 0.295. The quantitative estimate of drug-likeness (QED) is 0.579. The van der Waals surface area contributed by atoms with Crippen LogP contribution in [-0.2, 0) is 7.05 Å². The number of aliphatic hydroxyl groups excluding tert-OH is 1. The molecule has 1 aliphatic heterocycles. The molecular weight excluding hydrogens is 342 g/mol. The molecule has 0 amide bonds. The van der Waals surface area contributed by atoms with Gasteiger partial charge in [-0.15, -0.1) is 0 Å². The molecular formula is C19H19N7O. The zero-order chi connectivity index (χ0) is 18.4. The molecule has 0 bridgehead atoms. The maximum absolute atomic E-state index is 9.79. The van der Waals surface area contributed by atoms with E-state index in [1.54, 1.807) is 11.0 Å². The second-order valence-corrected chi connectivity index (χ2v) is 6.89. The van der Waals surface area contributed by atoms with Gasteiger partial charge in [0.25, 0.3) is 0 Å². The Balaban J connectivity index is 1.57. The van der Waals surface area contributed by atoms with Gasteiger partial charge in [-0.1, -0.05) is 6.07 Å². The minimum atomic E-state index is -0.295. The first kappa shape index (κ1) is 16.0. The number of rotatable bonds is 3. The van der Waals surface area contributed by atoms with Gasteiger partial charge in [0.05, 0.1) is 23.5 Å². The smallest absolute Gasteiger partial charge is 0.132 e. The number of benzene rings is 1. The summed E-state index contributed by atoms with van der Waals surface area (Å²) in [5.41, 5.74) is 4.64. The number of H-pyrrole nitrogens is 1. The largest absolute Gasteiger partial charge is 0.391 e. The molecule has 8 heteroatoms. The summed E-state index contributed by atoms with van der Waals surface area (Å²) in [6, 6.07) is 8.11. The van der Waals surface area contributed by atoms with Crippen molar-refractivity contribution < 1.29 is 5.11 Å². The lowest BCUT2D eigenvalue weighted by Gasteiger charge is -2.16. The number of aryl methyl sites for hydroxylation is 1. The van der Waals surface area contributed by atoms with Crippen molar-refractivity contribution in [2.24, 2.45) is 7.05 Å². The highest BCUT2D eigenvalue weighted by molar-refractivity contribution is 5.95. The van der Waals surface area contributed by atoms with Crippen molar-refractivity contribution in [3.63, 3.8) is 0 Å². The average Bonchev–Trinajstić information content (AvgIpc) is 3.41. The fourth-order valence-corrected chi connectivity index (χ4v) is 3.56. The van der Waals surface area contributed by atoms with Gasteiger partial charge in [0, 0.05) is 43.4 Å². The van der Waals surface area contributed by atoms with Crippen molar-refractivity contribution in [1.82, 2.24) is 29.9 Å². The van der Waals surface area contributed by atoms with E-state index in [0.29, 0.717) is 6.54 Å². The van der Waals surface area contributed by atoms with Crippen LogP contribution in [0.15, 0.2) is 43.0 Å². The molecule has 1 saturated heterocycles. The Bertz CT molecular complexity index is 1120. The Hall–Kier alpha value is -3.26. The van der Waals surface area contributed by atoms with Crippen LogP contribution < -0.4 is 4.90 Å². The fourth-order valence-electron chi connectivity index (χ4n) is 3.56. The average molecular weight is 361 g/mol. The summed E-state index contributed by atoms with van der Waals surface area (Å²) in [6.07, 6.45) is 5.86. The van der Waals surface area contributed by atoms with E-state index < -0.39 is 0 Å². The molecule has 3 aromatic heterocycles. The van der Waals surface area contributed by atoms with Crippen LogP contribution in [0.1, 0.15) is 6.42 Å². The lowest BCUT2D eigenvalue weighted by molar-refractivity contribution is 0.198. The Kier molecular flexibility index (Phi) is 3.64. The summed E-state index contributed by atoms with van der Waals surface area (Å²) in [4.78, 5) is 10.9. The molecule has 1 atom stereocenters. The van der Waals surface area contributed by atoms with E-state index in [1.807, 2.05) is 31.6 Å². The lowest BCUT2D eigenvalue weighted by atomic mass is 10.1. The number of aromatic amines is 1. The number of fused-ring (bicyclic) bond motifs is 1. The van der Waals surface area contributed by atoms with Gasteiger partial charge in [-0.3, -0.25) is 9.78 Å². The van der Waals surface area contributed by atoms with Crippen LogP contribution in [0.3, 0.4) is 0 Å². The van der Waals surface area contributed by atoms with Crippen molar-refractivity contribution in [3.05, 3.63) is 43.0 Å². The second kappa shape index (κ2) is 6.17. The maximum atomic E-state index is 9.79.